The van der Waals surface area contributed by atoms with Gasteiger partial charge in [0.15, 0.2) is 0 Å². The SMILES string of the molecule is CN(C)C[C@@H]1C[C@@H](CO)CN(Cc2cc3ccccc3n2C)C1. The molecule has 0 radical (unpaired) electrons. The first-order valence-corrected chi connectivity index (χ1v) is 8.58. The van der Waals surface area contributed by atoms with Gasteiger partial charge in [-0.1, -0.05) is 18.2 Å². The fraction of sp³-hybridized carbons (Fsp3) is 0.579. The standard InChI is InChI=1S/C19H29N3O/c1-20(2)10-15-8-16(14-23)12-22(11-15)13-18-9-17-6-4-5-7-19(17)21(18)3/h4-7,9,15-16,23H,8,10-14H2,1-3H3/t15-,16+/m0/s1. The fourth-order valence-electron chi connectivity index (χ4n) is 4.06. The molecule has 1 saturated heterocycles. The van der Waals surface area contributed by atoms with Crippen molar-refractivity contribution < 1.29 is 5.11 Å². The van der Waals surface area contributed by atoms with Gasteiger partial charge in [-0.05, 0) is 49.9 Å². The van der Waals surface area contributed by atoms with E-state index in [1.54, 1.807) is 0 Å². The first-order chi connectivity index (χ1) is 11.1. The third-order valence-corrected chi connectivity index (χ3v) is 5.02. The highest BCUT2D eigenvalue weighted by Gasteiger charge is 2.27. The zero-order valence-electron chi connectivity index (χ0n) is 14.6. The number of aliphatic hydroxyl groups excluding tert-OH is 1. The number of benzene rings is 1. The van der Waals surface area contributed by atoms with Crippen LogP contribution in [0.5, 0.6) is 0 Å². The third kappa shape index (κ3) is 3.77. The second-order valence-electron chi connectivity index (χ2n) is 7.36. The second kappa shape index (κ2) is 7.04. The Hall–Kier alpha value is -1.36. The molecule has 2 heterocycles. The van der Waals surface area contributed by atoms with Crippen molar-refractivity contribution in [2.45, 2.75) is 13.0 Å². The zero-order chi connectivity index (χ0) is 16.4. The average molecular weight is 315 g/mol. The molecular weight excluding hydrogens is 286 g/mol. The van der Waals surface area contributed by atoms with Gasteiger partial charge in [0.1, 0.15) is 0 Å². The lowest BCUT2D eigenvalue weighted by Crippen LogP contribution is -2.44. The van der Waals surface area contributed by atoms with Crippen LogP contribution in [0.15, 0.2) is 30.3 Å². The molecule has 4 heteroatoms. The van der Waals surface area contributed by atoms with Gasteiger partial charge in [0.25, 0.3) is 0 Å². The molecular formula is C19H29N3O. The van der Waals surface area contributed by atoms with Gasteiger partial charge in [0.2, 0.25) is 0 Å². The van der Waals surface area contributed by atoms with Gasteiger partial charge < -0.3 is 14.6 Å². The van der Waals surface area contributed by atoms with E-state index in [4.69, 9.17) is 0 Å². The molecule has 0 bridgehead atoms. The van der Waals surface area contributed by atoms with Crippen molar-refractivity contribution in [3.63, 3.8) is 0 Å². The second-order valence-corrected chi connectivity index (χ2v) is 7.36. The number of hydrogen-bond acceptors (Lipinski definition) is 3. The highest BCUT2D eigenvalue weighted by atomic mass is 16.3. The van der Waals surface area contributed by atoms with Crippen LogP contribution in [-0.4, -0.2) is 59.8 Å². The Balaban J connectivity index is 1.75. The topological polar surface area (TPSA) is 31.6 Å². The molecule has 0 unspecified atom stereocenters. The van der Waals surface area contributed by atoms with Crippen molar-refractivity contribution in [2.24, 2.45) is 18.9 Å². The van der Waals surface area contributed by atoms with E-state index < -0.39 is 0 Å². The maximum absolute atomic E-state index is 9.65. The largest absolute Gasteiger partial charge is 0.396 e. The van der Waals surface area contributed by atoms with Crippen molar-refractivity contribution in [2.75, 3.05) is 40.3 Å². The van der Waals surface area contributed by atoms with Gasteiger partial charge >= 0.3 is 0 Å². The monoisotopic (exact) mass is 315 g/mol. The fourth-order valence-corrected chi connectivity index (χ4v) is 4.06. The highest BCUT2D eigenvalue weighted by Crippen LogP contribution is 2.25. The van der Waals surface area contributed by atoms with Crippen molar-refractivity contribution in [1.29, 1.82) is 0 Å². The van der Waals surface area contributed by atoms with Crippen LogP contribution in [0.4, 0.5) is 0 Å². The average Bonchev–Trinajstić information content (AvgIpc) is 2.83. The summed E-state index contributed by atoms with van der Waals surface area (Å²) in [6.07, 6.45) is 1.14. The van der Waals surface area contributed by atoms with E-state index in [1.807, 2.05) is 0 Å². The summed E-state index contributed by atoms with van der Waals surface area (Å²) in [6.45, 7) is 4.49. The summed E-state index contributed by atoms with van der Waals surface area (Å²) < 4.78 is 2.30. The van der Waals surface area contributed by atoms with E-state index in [9.17, 15) is 5.11 Å². The molecule has 1 aromatic heterocycles. The molecule has 1 aliphatic rings. The number of fused-ring (bicyclic) bond motifs is 1. The van der Waals surface area contributed by atoms with E-state index in [-0.39, 0.29) is 0 Å². The molecule has 0 saturated carbocycles. The van der Waals surface area contributed by atoms with Crippen LogP contribution in [-0.2, 0) is 13.6 Å². The molecule has 126 valence electrons. The Morgan fingerprint density at radius 2 is 1.91 bits per heavy atom. The Kier molecular flexibility index (Phi) is 5.05. The van der Waals surface area contributed by atoms with Crippen LogP contribution < -0.4 is 0 Å². The summed E-state index contributed by atoms with van der Waals surface area (Å²) in [4.78, 5) is 4.78. The maximum atomic E-state index is 9.65. The summed E-state index contributed by atoms with van der Waals surface area (Å²) >= 11 is 0. The quantitative estimate of drug-likeness (QED) is 0.917. The third-order valence-electron chi connectivity index (χ3n) is 5.02. The minimum atomic E-state index is 0.301. The number of aromatic nitrogens is 1. The molecule has 0 spiro atoms. The maximum Gasteiger partial charge on any atom is 0.0480 e. The summed E-state index contributed by atoms with van der Waals surface area (Å²) in [6, 6.07) is 10.9. The van der Waals surface area contributed by atoms with Crippen LogP contribution in [0.1, 0.15) is 12.1 Å². The normalized spacial score (nSPS) is 23.0. The lowest BCUT2D eigenvalue weighted by molar-refractivity contribution is 0.0681. The van der Waals surface area contributed by atoms with E-state index >= 15 is 0 Å². The summed E-state index contributed by atoms with van der Waals surface area (Å²) in [7, 11) is 6.43. The first-order valence-electron chi connectivity index (χ1n) is 8.58. The minimum absolute atomic E-state index is 0.301. The minimum Gasteiger partial charge on any atom is -0.396 e. The number of para-hydroxylation sites is 1. The highest BCUT2D eigenvalue weighted by molar-refractivity contribution is 5.81. The molecule has 1 fully saturated rings. The lowest BCUT2D eigenvalue weighted by Gasteiger charge is -2.38. The smallest absolute Gasteiger partial charge is 0.0480 e. The number of likely N-dealkylation sites (tertiary alicyclic amines) is 1. The van der Waals surface area contributed by atoms with Gasteiger partial charge in [-0.25, -0.2) is 0 Å². The first kappa shape index (κ1) is 16.5. The van der Waals surface area contributed by atoms with E-state index in [0.717, 1.165) is 32.6 Å². The lowest BCUT2D eigenvalue weighted by atomic mass is 9.89. The van der Waals surface area contributed by atoms with Gasteiger partial charge in [0, 0.05) is 51.0 Å². The predicted octanol–water partition coefficient (Wildman–Crippen LogP) is 2.17. The van der Waals surface area contributed by atoms with Crippen molar-refractivity contribution in [3.05, 3.63) is 36.0 Å². The van der Waals surface area contributed by atoms with Crippen LogP contribution in [0, 0.1) is 11.8 Å². The predicted molar refractivity (Wildman–Crippen MR) is 95.4 cm³/mol. The number of piperidine rings is 1. The molecule has 1 aromatic carbocycles. The molecule has 2 aromatic rings. The number of hydrogen-bond donors (Lipinski definition) is 1. The molecule has 23 heavy (non-hydrogen) atoms. The molecule has 0 aliphatic carbocycles. The number of aryl methyl sites for hydroxylation is 1. The summed E-state index contributed by atoms with van der Waals surface area (Å²) in [5.41, 5.74) is 2.65. The Bertz CT molecular complexity index is 649. The summed E-state index contributed by atoms with van der Waals surface area (Å²) in [5, 5.41) is 11.0. The van der Waals surface area contributed by atoms with Crippen LogP contribution >= 0.6 is 0 Å². The number of nitrogens with zero attached hydrogens (tertiary/aromatic N) is 3. The number of aliphatic hydroxyl groups is 1. The van der Waals surface area contributed by atoms with Crippen LogP contribution in [0.2, 0.25) is 0 Å². The van der Waals surface area contributed by atoms with Crippen molar-refractivity contribution >= 4 is 10.9 Å². The molecule has 3 rings (SSSR count). The molecule has 1 N–H and O–H groups in total. The van der Waals surface area contributed by atoms with Crippen LogP contribution in [0.25, 0.3) is 10.9 Å². The Morgan fingerprint density at radius 1 is 1.17 bits per heavy atom. The Labute approximate surface area is 139 Å². The molecule has 1 aliphatic heterocycles. The molecule has 4 nitrogen and oxygen atoms in total. The number of rotatable bonds is 5. The van der Waals surface area contributed by atoms with Gasteiger partial charge in [0.05, 0.1) is 0 Å². The molecule has 0 amide bonds. The molecule has 2 atom stereocenters. The van der Waals surface area contributed by atoms with Crippen molar-refractivity contribution in [3.8, 4) is 0 Å². The van der Waals surface area contributed by atoms with Gasteiger partial charge in [-0.3, -0.25) is 4.90 Å². The van der Waals surface area contributed by atoms with Gasteiger partial charge in [-0.2, -0.15) is 0 Å². The van der Waals surface area contributed by atoms with Crippen LogP contribution in [0.3, 0.4) is 0 Å². The zero-order valence-corrected chi connectivity index (χ0v) is 14.6. The Morgan fingerprint density at radius 3 is 2.61 bits per heavy atom. The van der Waals surface area contributed by atoms with E-state index in [1.165, 1.54) is 16.6 Å². The van der Waals surface area contributed by atoms with E-state index in [2.05, 4.69) is 65.8 Å². The van der Waals surface area contributed by atoms with Crippen molar-refractivity contribution in [1.82, 2.24) is 14.4 Å². The summed E-state index contributed by atoms with van der Waals surface area (Å²) in [5.74, 6) is 1.05. The van der Waals surface area contributed by atoms with E-state index in [0.29, 0.717) is 18.4 Å². The van der Waals surface area contributed by atoms with Gasteiger partial charge in [-0.15, -0.1) is 0 Å².